The quantitative estimate of drug-likeness (QED) is 0.739. The molecular formula is C17H24O8S. The lowest BCUT2D eigenvalue weighted by Crippen LogP contribution is -2.64. The first kappa shape index (κ1) is 19.7. The molecule has 2 heterocycles. The van der Waals surface area contributed by atoms with E-state index in [0.717, 1.165) is 11.8 Å². The van der Waals surface area contributed by atoms with Crippen LogP contribution in [0.25, 0.3) is 0 Å². The smallest absolute Gasteiger partial charge is 0.264 e. The molecule has 2 fully saturated rings. The summed E-state index contributed by atoms with van der Waals surface area (Å²) >= 11 is 0. The Morgan fingerprint density at radius 3 is 2.50 bits per heavy atom. The van der Waals surface area contributed by atoms with E-state index in [1.54, 1.807) is 13.8 Å². The Hall–Kier alpha value is -1.07. The second-order valence-electron chi connectivity index (χ2n) is 6.96. The van der Waals surface area contributed by atoms with Crippen molar-refractivity contribution < 1.29 is 36.7 Å². The van der Waals surface area contributed by atoms with Gasteiger partial charge >= 0.3 is 0 Å². The molecule has 2 aliphatic heterocycles. The Morgan fingerprint density at radius 1 is 1.23 bits per heavy atom. The Bertz CT molecular complexity index is 720. The number of benzene rings is 1. The highest BCUT2D eigenvalue weighted by atomic mass is 32.2. The van der Waals surface area contributed by atoms with E-state index in [2.05, 4.69) is 0 Å². The maximum atomic E-state index is 11.6. The largest absolute Gasteiger partial charge is 0.385 e. The first-order valence-electron chi connectivity index (χ1n) is 8.30. The van der Waals surface area contributed by atoms with Gasteiger partial charge in [-0.3, -0.25) is 4.18 Å². The lowest BCUT2D eigenvalue weighted by molar-refractivity contribution is -0.340. The van der Waals surface area contributed by atoms with Crippen LogP contribution in [0.4, 0.5) is 0 Å². The molecule has 1 aromatic rings. The topological polar surface area (TPSA) is 101 Å². The SMILES string of the molecule is CC1(C)OC[C@]2(OC[C@@H](OS(C)(=O)=O)[C@@H](OCc3ccccc3)[C@@H]2O)O1. The van der Waals surface area contributed by atoms with Crippen molar-refractivity contribution in [3.63, 3.8) is 0 Å². The van der Waals surface area contributed by atoms with Crippen molar-refractivity contribution in [2.24, 2.45) is 0 Å². The maximum Gasteiger partial charge on any atom is 0.264 e. The molecule has 26 heavy (non-hydrogen) atoms. The van der Waals surface area contributed by atoms with Gasteiger partial charge in [0.1, 0.15) is 24.9 Å². The van der Waals surface area contributed by atoms with Crippen LogP contribution in [-0.2, 0) is 39.9 Å². The molecule has 3 rings (SSSR count). The molecule has 146 valence electrons. The van der Waals surface area contributed by atoms with Crippen molar-refractivity contribution >= 4 is 10.1 Å². The van der Waals surface area contributed by atoms with Crippen molar-refractivity contribution in [1.29, 1.82) is 0 Å². The second kappa shape index (κ2) is 7.16. The van der Waals surface area contributed by atoms with Crippen LogP contribution >= 0.6 is 0 Å². The molecule has 0 bridgehead atoms. The second-order valence-corrected chi connectivity index (χ2v) is 8.56. The Labute approximate surface area is 153 Å². The van der Waals surface area contributed by atoms with Gasteiger partial charge in [-0.2, -0.15) is 8.42 Å². The lowest BCUT2D eigenvalue weighted by atomic mass is 9.97. The summed E-state index contributed by atoms with van der Waals surface area (Å²) in [4.78, 5) is 0. The third-order valence-corrected chi connectivity index (χ3v) is 4.84. The summed E-state index contributed by atoms with van der Waals surface area (Å²) in [6.07, 6.45) is -2.33. The third kappa shape index (κ3) is 4.42. The first-order valence-corrected chi connectivity index (χ1v) is 10.1. The Kier molecular flexibility index (Phi) is 5.42. The summed E-state index contributed by atoms with van der Waals surface area (Å²) < 4.78 is 51.0. The molecule has 9 heteroatoms. The molecule has 0 saturated carbocycles. The Balaban J connectivity index is 1.80. The minimum Gasteiger partial charge on any atom is -0.385 e. The van der Waals surface area contributed by atoms with Crippen LogP contribution in [0, 0.1) is 0 Å². The summed E-state index contributed by atoms with van der Waals surface area (Å²) in [5, 5.41) is 10.9. The standard InChI is InChI=1S/C17H24O8S/c1-16(2)23-11-17(25-16)15(18)14(13(10-22-17)24-26(3,19)20)21-9-12-7-5-4-6-8-12/h4-8,13-15,18H,9-11H2,1-3H3/t13-,14-,15+,17+/m1/s1. The molecule has 0 radical (unpaired) electrons. The van der Waals surface area contributed by atoms with E-state index in [4.69, 9.17) is 23.1 Å². The molecule has 0 aliphatic carbocycles. The van der Waals surface area contributed by atoms with Gasteiger partial charge in [0.15, 0.2) is 5.79 Å². The van der Waals surface area contributed by atoms with Crippen molar-refractivity contribution in [3.8, 4) is 0 Å². The fraction of sp³-hybridized carbons (Fsp3) is 0.647. The van der Waals surface area contributed by atoms with Crippen LogP contribution in [0.5, 0.6) is 0 Å². The number of rotatable bonds is 5. The molecule has 1 aromatic carbocycles. The van der Waals surface area contributed by atoms with Gasteiger partial charge in [-0.1, -0.05) is 30.3 Å². The summed E-state index contributed by atoms with van der Waals surface area (Å²) in [5.41, 5.74) is 0.877. The van der Waals surface area contributed by atoms with Crippen molar-refractivity contribution in [2.75, 3.05) is 19.5 Å². The van der Waals surface area contributed by atoms with E-state index in [0.29, 0.717) is 0 Å². The maximum absolute atomic E-state index is 11.6. The molecule has 1 N–H and O–H groups in total. The third-order valence-electron chi connectivity index (χ3n) is 4.24. The van der Waals surface area contributed by atoms with E-state index in [-0.39, 0.29) is 19.8 Å². The summed E-state index contributed by atoms with van der Waals surface area (Å²) in [6, 6.07) is 9.34. The van der Waals surface area contributed by atoms with Crippen LogP contribution in [-0.4, -0.2) is 62.9 Å². The summed E-state index contributed by atoms with van der Waals surface area (Å²) in [5.74, 6) is -2.36. The van der Waals surface area contributed by atoms with E-state index in [9.17, 15) is 13.5 Å². The number of hydrogen-bond donors (Lipinski definition) is 1. The van der Waals surface area contributed by atoms with Crippen LogP contribution in [0.1, 0.15) is 19.4 Å². The molecular weight excluding hydrogens is 364 g/mol. The van der Waals surface area contributed by atoms with Crippen molar-refractivity contribution in [1.82, 2.24) is 0 Å². The predicted octanol–water partition coefficient (Wildman–Crippen LogP) is 0.787. The molecule has 1 spiro atoms. The van der Waals surface area contributed by atoms with Crippen LogP contribution in [0.3, 0.4) is 0 Å². The number of aliphatic hydroxyl groups is 1. The fourth-order valence-electron chi connectivity index (χ4n) is 3.10. The van der Waals surface area contributed by atoms with Crippen LogP contribution in [0.15, 0.2) is 30.3 Å². The van der Waals surface area contributed by atoms with Gasteiger partial charge in [0, 0.05) is 0 Å². The zero-order valence-electron chi connectivity index (χ0n) is 15.0. The zero-order chi connectivity index (χ0) is 19.0. The molecule has 0 aromatic heterocycles. The molecule has 8 nitrogen and oxygen atoms in total. The van der Waals surface area contributed by atoms with E-state index in [1.165, 1.54) is 0 Å². The van der Waals surface area contributed by atoms with Gasteiger partial charge in [-0.25, -0.2) is 0 Å². The average molecular weight is 388 g/mol. The van der Waals surface area contributed by atoms with E-state index in [1.807, 2.05) is 30.3 Å². The highest BCUT2D eigenvalue weighted by Gasteiger charge is 2.59. The van der Waals surface area contributed by atoms with Gasteiger partial charge in [0.25, 0.3) is 10.1 Å². The molecule has 2 saturated heterocycles. The average Bonchev–Trinajstić information content (AvgIpc) is 2.87. The van der Waals surface area contributed by atoms with Crippen LogP contribution < -0.4 is 0 Å². The van der Waals surface area contributed by atoms with Crippen molar-refractivity contribution in [3.05, 3.63) is 35.9 Å². The monoisotopic (exact) mass is 388 g/mol. The molecule has 0 unspecified atom stereocenters. The molecule has 2 aliphatic rings. The number of hydrogen-bond acceptors (Lipinski definition) is 8. The van der Waals surface area contributed by atoms with Gasteiger partial charge in [0.05, 0.1) is 19.5 Å². The highest BCUT2D eigenvalue weighted by molar-refractivity contribution is 7.86. The summed E-state index contributed by atoms with van der Waals surface area (Å²) in [6.45, 7) is 3.46. The zero-order valence-corrected chi connectivity index (χ0v) is 15.8. The number of ether oxygens (including phenoxy) is 4. The van der Waals surface area contributed by atoms with Gasteiger partial charge in [0.2, 0.25) is 5.79 Å². The van der Waals surface area contributed by atoms with Gasteiger partial charge < -0.3 is 24.1 Å². The molecule has 4 atom stereocenters. The fourth-order valence-corrected chi connectivity index (χ4v) is 3.71. The molecule has 0 amide bonds. The van der Waals surface area contributed by atoms with Gasteiger partial charge in [-0.15, -0.1) is 0 Å². The first-order chi connectivity index (χ1) is 12.1. The summed E-state index contributed by atoms with van der Waals surface area (Å²) in [7, 11) is -3.76. The van der Waals surface area contributed by atoms with E-state index < -0.39 is 40.0 Å². The van der Waals surface area contributed by atoms with Gasteiger partial charge in [-0.05, 0) is 19.4 Å². The minimum atomic E-state index is -3.76. The number of aliphatic hydroxyl groups excluding tert-OH is 1. The lowest BCUT2D eigenvalue weighted by Gasteiger charge is -2.44. The van der Waals surface area contributed by atoms with Crippen molar-refractivity contribution in [2.45, 2.75) is 50.3 Å². The highest BCUT2D eigenvalue weighted by Crippen LogP contribution is 2.40. The predicted molar refractivity (Wildman–Crippen MR) is 90.5 cm³/mol. The Morgan fingerprint density at radius 2 is 1.92 bits per heavy atom. The van der Waals surface area contributed by atoms with Crippen LogP contribution in [0.2, 0.25) is 0 Å². The minimum absolute atomic E-state index is 0.00203. The normalized spacial score (nSPS) is 34.2. The van der Waals surface area contributed by atoms with E-state index >= 15 is 0 Å².